The Bertz CT molecular complexity index is 373. The maximum absolute atomic E-state index is 12.0. The molecule has 0 aromatic carbocycles. The number of hydrogen-bond acceptors (Lipinski definition) is 5. The maximum Gasteiger partial charge on any atom is 0.306 e. The first-order valence-electron chi connectivity index (χ1n) is 11.2. The van der Waals surface area contributed by atoms with Crippen molar-refractivity contribution >= 4 is 23.7 Å². The van der Waals surface area contributed by atoms with Crippen molar-refractivity contribution in [1.29, 1.82) is 0 Å². The second-order valence-corrected chi connectivity index (χ2v) is 9.25. The summed E-state index contributed by atoms with van der Waals surface area (Å²) in [4.78, 5) is 24.0. The normalized spacial score (nSPS) is 20.7. The Morgan fingerprint density at radius 2 is 0.926 bits per heavy atom. The van der Waals surface area contributed by atoms with E-state index in [0.717, 1.165) is 37.2 Å². The third kappa shape index (κ3) is 11.0. The number of rotatable bonds is 8. The minimum atomic E-state index is -0.0785. The van der Waals surface area contributed by atoms with Gasteiger partial charge < -0.3 is 9.47 Å². The van der Waals surface area contributed by atoms with E-state index in [-0.39, 0.29) is 24.1 Å². The first kappa shape index (κ1) is 22.6. The zero-order valence-electron chi connectivity index (χ0n) is 16.9. The Labute approximate surface area is 169 Å². The SMILES string of the molecule is O=C(CCSCCC(=O)OC1CCCCCCC1)OC1CCCCCCC1. The van der Waals surface area contributed by atoms with E-state index in [9.17, 15) is 9.59 Å². The Balaban J connectivity index is 1.49. The Morgan fingerprint density at radius 1 is 0.593 bits per heavy atom. The molecule has 0 aromatic rings. The minimum absolute atomic E-state index is 0.0785. The summed E-state index contributed by atoms with van der Waals surface area (Å²) in [5.41, 5.74) is 0. The molecule has 0 radical (unpaired) electrons. The molecule has 0 heterocycles. The minimum Gasteiger partial charge on any atom is -0.462 e. The molecule has 0 unspecified atom stereocenters. The van der Waals surface area contributed by atoms with Crippen molar-refractivity contribution in [1.82, 2.24) is 0 Å². The largest absolute Gasteiger partial charge is 0.462 e. The van der Waals surface area contributed by atoms with Crippen LogP contribution in [0.25, 0.3) is 0 Å². The highest BCUT2D eigenvalue weighted by atomic mass is 32.2. The van der Waals surface area contributed by atoms with Crippen LogP contribution in [0.4, 0.5) is 0 Å². The van der Waals surface area contributed by atoms with Crippen molar-refractivity contribution in [3.63, 3.8) is 0 Å². The summed E-state index contributed by atoms with van der Waals surface area (Å²) >= 11 is 1.65. The van der Waals surface area contributed by atoms with Crippen molar-refractivity contribution in [2.75, 3.05) is 11.5 Å². The summed E-state index contributed by atoms with van der Waals surface area (Å²) in [6.07, 6.45) is 17.6. The monoisotopic (exact) mass is 398 g/mol. The average molecular weight is 399 g/mol. The first-order chi connectivity index (χ1) is 13.2. The molecule has 5 heteroatoms. The summed E-state index contributed by atoms with van der Waals surface area (Å²) in [5, 5.41) is 0. The molecular formula is C22H38O4S. The van der Waals surface area contributed by atoms with Gasteiger partial charge in [0.25, 0.3) is 0 Å². The van der Waals surface area contributed by atoms with Crippen LogP contribution in [0.5, 0.6) is 0 Å². The fourth-order valence-corrected chi connectivity index (χ4v) is 4.80. The highest BCUT2D eigenvalue weighted by Gasteiger charge is 2.17. The third-order valence-electron chi connectivity index (χ3n) is 5.60. The standard InChI is InChI=1S/C22H38O4S/c23-21(25-19-11-7-3-1-4-8-12-19)15-17-27-18-16-22(24)26-20-13-9-5-2-6-10-14-20/h19-20H,1-18H2. The molecule has 4 nitrogen and oxygen atoms in total. The van der Waals surface area contributed by atoms with Gasteiger partial charge in [-0.2, -0.15) is 11.8 Å². The van der Waals surface area contributed by atoms with E-state index in [1.807, 2.05) is 0 Å². The van der Waals surface area contributed by atoms with Gasteiger partial charge in [-0.3, -0.25) is 9.59 Å². The molecule has 2 rings (SSSR count). The molecule has 2 saturated carbocycles. The lowest BCUT2D eigenvalue weighted by molar-refractivity contribution is -0.150. The third-order valence-corrected chi connectivity index (χ3v) is 6.59. The highest BCUT2D eigenvalue weighted by Crippen LogP contribution is 2.21. The van der Waals surface area contributed by atoms with Gasteiger partial charge in [-0.25, -0.2) is 0 Å². The summed E-state index contributed by atoms with van der Waals surface area (Å²) in [6.45, 7) is 0. The Kier molecular flexibility index (Phi) is 12.0. The number of thioether (sulfide) groups is 1. The van der Waals surface area contributed by atoms with Gasteiger partial charge in [0, 0.05) is 11.5 Å². The molecular weight excluding hydrogens is 360 g/mol. The molecule has 156 valence electrons. The number of carbonyl (C=O) groups excluding carboxylic acids is 2. The van der Waals surface area contributed by atoms with Crippen molar-refractivity contribution in [2.45, 2.75) is 115 Å². The van der Waals surface area contributed by atoms with Crippen molar-refractivity contribution in [2.24, 2.45) is 0 Å². The predicted octanol–water partition coefficient (Wildman–Crippen LogP) is 5.81. The lowest BCUT2D eigenvalue weighted by Crippen LogP contribution is -2.20. The van der Waals surface area contributed by atoms with E-state index >= 15 is 0 Å². The molecule has 0 N–H and O–H groups in total. The van der Waals surface area contributed by atoms with Crippen LogP contribution in [0.1, 0.15) is 103 Å². The second-order valence-electron chi connectivity index (χ2n) is 8.03. The summed E-state index contributed by atoms with van der Waals surface area (Å²) < 4.78 is 11.3. The average Bonchev–Trinajstić information content (AvgIpc) is 2.59. The van der Waals surface area contributed by atoms with Crippen LogP contribution in [0.2, 0.25) is 0 Å². The van der Waals surface area contributed by atoms with Crippen LogP contribution >= 0.6 is 11.8 Å². The van der Waals surface area contributed by atoms with Gasteiger partial charge in [-0.05, 0) is 51.4 Å². The van der Waals surface area contributed by atoms with Crippen LogP contribution in [0, 0.1) is 0 Å². The number of esters is 2. The molecule has 0 spiro atoms. The fourth-order valence-electron chi connectivity index (χ4n) is 3.98. The quantitative estimate of drug-likeness (QED) is 0.381. The van der Waals surface area contributed by atoms with Gasteiger partial charge in [0.2, 0.25) is 0 Å². The maximum atomic E-state index is 12.0. The van der Waals surface area contributed by atoms with Gasteiger partial charge >= 0.3 is 11.9 Å². The van der Waals surface area contributed by atoms with E-state index in [2.05, 4.69) is 0 Å². The lowest BCUT2D eigenvalue weighted by atomic mass is 9.98. The summed E-state index contributed by atoms with van der Waals surface area (Å²) in [5.74, 6) is 1.29. The fraction of sp³-hybridized carbons (Fsp3) is 0.909. The van der Waals surface area contributed by atoms with Crippen molar-refractivity contribution < 1.29 is 19.1 Å². The van der Waals surface area contributed by atoms with Crippen molar-refractivity contribution in [3.05, 3.63) is 0 Å². The van der Waals surface area contributed by atoms with E-state index in [4.69, 9.17) is 9.47 Å². The smallest absolute Gasteiger partial charge is 0.306 e. The van der Waals surface area contributed by atoms with Gasteiger partial charge in [0.1, 0.15) is 12.2 Å². The molecule has 0 aliphatic heterocycles. The van der Waals surface area contributed by atoms with E-state index in [1.165, 1.54) is 64.2 Å². The van der Waals surface area contributed by atoms with Gasteiger partial charge in [0.15, 0.2) is 0 Å². The van der Waals surface area contributed by atoms with E-state index in [1.54, 1.807) is 11.8 Å². The summed E-state index contributed by atoms with van der Waals surface area (Å²) in [7, 11) is 0. The van der Waals surface area contributed by atoms with Crippen LogP contribution in [0.3, 0.4) is 0 Å². The van der Waals surface area contributed by atoms with Gasteiger partial charge in [0.05, 0.1) is 12.8 Å². The zero-order chi connectivity index (χ0) is 19.2. The first-order valence-corrected chi connectivity index (χ1v) is 12.4. The zero-order valence-corrected chi connectivity index (χ0v) is 17.7. The highest BCUT2D eigenvalue weighted by molar-refractivity contribution is 7.99. The van der Waals surface area contributed by atoms with Crippen LogP contribution in [-0.4, -0.2) is 35.7 Å². The molecule has 0 atom stereocenters. The van der Waals surface area contributed by atoms with Gasteiger partial charge in [-0.1, -0.05) is 38.5 Å². The molecule has 0 amide bonds. The molecule has 0 bridgehead atoms. The number of carbonyl (C=O) groups is 2. The molecule has 2 aliphatic rings. The second kappa shape index (κ2) is 14.3. The van der Waals surface area contributed by atoms with E-state index in [0.29, 0.717) is 12.8 Å². The van der Waals surface area contributed by atoms with Crippen LogP contribution in [-0.2, 0) is 19.1 Å². The lowest BCUT2D eigenvalue weighted by Gasteiger charge is -2.20. The predicted molar refractivity (Wildman–Crippen MR) is 111 cm³/mol. The van der Waals surface area contributed by atoms with E-state index < -0.39 is 0 Å². The Hall–Kier alpha value is -0.710. The van der Waals surface area contributed by atoms with Crippen LogP contribution in [0.15, 0.2) is 0 Å². The Morgan fingerprint density at radius 3 is 1.30 bits per heavy atom. The molecule has 2 aliphatic carbocycles. The van der Waals surface area contributed by atoms with Crippen molar-refractivity contribution in [3.8, 4) is 0 Å². The molecule has 2 fully saturated rings. The number of hydrogen-bond donors (Lipinski definition) is 0. The van der Waals surface area contributed by atoms with Crippen LogP contribution < -0.4 is 0 Å². The molecule has 0 saturated heterocycles. The molecule has 0 aromatic heterocycles. The summed E-state index contributed by atoms with van der Waals surface area (Å²) in [6, 6.07) is 0. The number of ether oxygens (including phenoxy) is 2. The molecule has 27 heavy (non-hydrogen) atoms. The topological polar surface area (TPSA) is 52.6 Å². The van der Waals surface area contributed by atoms with Gasteiger partial charge in [-0.15, -0.1) is 0 Å².